The Morgan fingerprint density at radius 2 is 1.55 bits per heavy atom. The maximum Gasteiger partial charge on any atom is 0.335 e. The van der Waals surface area contributed by atoms with E-state index >= 15 is 0 Å². The number of nitrogens with one attached hydrogen (secondary N) is 1. The molecule has 0 radical (unpaired) electrons. The fraction of sp³-hybridized carbons (Fsp3) is 0.292. The van der Waals surface area contributed by atoms with Gasteiger partial charge in [-0.2, -0.15) is 0 Å². The van der Waals surface area contributed by atoms with E-state index in [9.17, 15) is 14.4 Å². The number of barbiturate groups is 1. The summed E-state index contributed by atoms with van der Waals surface area (Å²) in [5, 5.41) is 2.23. The summed E-state index contributed by atoms with van der Waals surface area (Å²) in [6.45, 7) is 1.83. The Bertz CT molecular complexity index is 1120. The van der Waals surface area contributed by atoms with Crippen molar-refractivity contribution in [1.29, 1.82) is 0 Å². The van der Waals surface area contributed by atoms with E-state index in [1.54, 1.807) is 37.4 Å². The van der Waals surface area contributed by atoms with Gasteiger partial charge >= 0.3 is 6.03 Å². The number of carbonyl (C=O) groups excluding carboxylic acids is 3. The molecule has 2 aromatic rings. The van der Waals surface area contributed by atoms with Gasteiger partial charge in [-0.1, -0.05) is 0 Å². The van der Waals surface area contributed by atoms with Gasteiger partial charge in [-0.15, -0.1) is 0 Å². The predicted molar refractivity (Wildman–Crippen MR) is 123 cm³/mol. The van der Waals surface area contributed by atoms with Gasteiger partial charge in [0.05, 0.1) is 32.7 Å². The first-order valence-electron chi connectivity index (χ1n) is 10.5. The van der Waals surface area contributed by atoms with Gasteiger partial charge in [-0.05, 0) is 49.2 Å². The summed E-state index contributed by atoms with van der Waals surface area (Å²) in [6.07, 6.45) is 3.61. The molecule has 172 valence electrons. The lowest BCUT2D eigenvalue weighted by Crippen LogP contribution is -2.54. The number of hydrogen-bond acceptors (Lipinski definition) is 7. The summed E-state index contributed by atoms with van der Waals surface area (Å²) in [7, 11) is 4.61. The van der Waals surface area contributed by atoms with Gasteiger partial charge in [-0.25, -0.2) is 9.69 Å². The number of anilines is 2. The number of rotatable bonds is 6. The van der Waals surface area contributed by atoms with Crippen LogP contribution in [0.3, 0.4) is 0 Å². The summed E-state index contributed by atoms with van der Waals surface area (Å²) in [5.41, 5.74) is 1.49. The molecule has 9 nitrogen and oxygen atoms in total. The Balaban J connectivity index is 1.74. The Hall–Kier alpha value is -4.01. The lowest BCUT2D eigenvalue weighted by molar-refractivity contribution is -0.122. The lowest BCUT2D eigenvalue weighted by atomic mass is 10.0. The number of benzene rings is 2. The van der Waals surface area contributed by atoms with E-state index in [0.717, 1.165) is 36.5 Å². The van der Waals surface area contributed by atoms with Crippen molar-refractivity contribution in [2.45, 2.75) is 12.8 Å². The van der Waals surface area contributed by atoms with Crippen molar-refractivity contribution < 1.29 is 28.6 Å². The highest BCUT2D eigenvalue weighted by Gasteiger charge is 2.37. The van der Waals surface area contributed by atoms with Gasteiger partial charge < -0.3 is 19.1 Å². The molecule has 0 unspecified atom stereocenters. The summed E-state index contributed by atoms with van der Waals surface area (Å²) < 4.78 is 16.3. The van der Waals surface area contributed by atoms with Gasteiger partial charge in [0.15, 0.2) is 0 Å². The van der Waals surface area contributed by atoms with E-state index in [1.807, 2.05) is 6.07 Å². The van der Waals surface area contributed by atoms with Crippen molar-refractivity contribution in [1.82, 2.24) is 5.32 Å². The summed E-state index contributed by atoms with van der Waals surface area (Å²) >= 11 is 0. The standard InChI is InChI=1S/C24H25N3O6/c1-31-17-8-6-16(7-9-17)27-23(29)18(22(28)25-24(27)30)12-15-13-21(33-3)19(14-20(15)32-2)26-10-4-5-11-26/h6-9,12-14H,4-5,10-11H2,1-3H3,(H,25,28,30)/b18-12+. The third-order valence-corrected chi connectivity index (χ3v) is 5.71. The second-order valence-corrected chi connectivity index (χ2v) is 7.62. The largest absolute Gasteiger partial charge is 0.497 e. The predicted octanol–water partition coefficient (Wildman–Crippen LogP) is 2.98. The van der Waals surface area contributed by atoms with Crippen molar-refractivity contribution in [2.75, 3.05) is 44.2 Å². The van der Waals surface area contributed by atoms with E-state index < -0.39 is 17.8 Å². The molecule has 2 aromatic carbocycles. The number of ether oxygens (including phenoxy) is 3. The Morgan fingerprint density at radius 3 is 2.15 bits per heavy atom. The van der Waals surface area contributed by atoms with Crippen molar-refractivity contribution in [3.63, 3.8) is 0 Å². The van der Waals surface area contributed by atoms with Crippen LogP contribution < -0.4 is 29.3 Å². The molecule has 2 aliphatic rings. The topological polar surface area (TPSA) is 97.4 Å². The van der Waals surface area contributed by atoms with Gasteiger partial charge in [-0.3, -0.25) is 14.9 Å². The summed E-state index contributed by atoms with van der Waals surface area (Å²) in [4.78, 5) is 41.3. The number of carbonyl (C=O) groups is 3. The number of nitrogens with zero attached hydrogens (tertiary/aromatic N) is 2. The fourth-order valence-electron chi connectivity index (χ4n) is 4.00. The zero-order valence-electron chi connectivity index (χ0n) is 18.7. The first kappa shape index (κ1) is 22.2. The minimum atomic E-state index is -0.818. The highest BCUT2D eigenvalue weighted by atomic mass is 16.5. The molecule has 0 spiro atoms. The number of imide groups is 2. The summed E-state index contributed by atoms with van der Waals surface area (Å²) in [6, 6.07) is 9.14. The van der Waals surface area contributed by atoms with Crippen molar-refractivity contribution in [3.8, 4) is 17.2 Å². The first-order valence-corrected chi connectivity index (χ1v) is 10.5. The fourth-order valence-corrected chi connectivity index (χ4v) is 4.00. The van der Waals surface area contributed by atoms with Crippen LogP contribution in [0.25, 0.3) is 6.08 Å². The van der Waals surface area contributed by atoms with E-state index in [-0.39, 0.29) is 5.57 Å². The van der Waals surface area contributed by atoms with Crippen LogP contribution in [0.4, 0.5) is 16.2 Å². The van der Waals surface area contributed by atoms with Crippen LogP contribution in [-0.4, -0.2) is 52.3 Å². The molecule has 4 amide bonds. The normalized spacial score (nSPS) is 17.4. The van der Waals surface area contributed by atoms with Crippen LogP contribution in [0, 0.1) is 0 Å². The molecule has 2 saturated heterocycles. The maximum atomic E-state index is 13.2. The zero-order chi connectivity index (χ0) is 23.5. The number of methoxy groups -OCH3 is 3. The highest BCUT2D eigenvalue weighted by molar-refractivity contribution is 6.39. The van der Waals surface area contributed by atoms with E-state index in [0.29, 0.717) is 28.5 Å². The minimum absolute atomic E-state index is 0.195. The van der Waals surface area contributed by atoms with Gasteiger partial charge in [0.25, 0.3) is 11.8 Å². The molecule has 33 heavy (non-hydrogen) atoms. The number of hydrogen-bond donors (Lipinski definition) is 1. The number of amides is 4. The number of urea groups is 1. The van der Waals surface area contributed by atoms with Crippen molar-refractivity contribution >= 4 is 35.3 Å². The SMILES string of the molecule is COc1ccc(N2C(=O)NC(=O)/C(=C\c3cc(OC)c(N4CCCC4)cc3OC)C2=O)cc1. The van der Waals surface area contributed by atoms with E-state index in [1.165, 1.54) is 20.3 Å². The van der Waals surface area contributed by atoms with E-state index in [2.05, 4.69) is 10.2 Å². The molecule has 0 saturated carbocycles. The molecular formula is C24H25N3O6. The molecule has 0 bridgehead atoms. The quantitative estimate of drug-likeness (QED) is 0.533. The van der Waals surface area contributed by atoms with Crippen molar-refractivity contribution in [3.05, 3.63) is 47.5 Å². The minimum Gasteiger partial charge on any atom is -0.497 e. The Labute approximate surface area is 191 Å². The zero-order valence-corrected chi connectivity index (χ0v) is 18.7. The van der Waals surface area contributed by atoms with E-state index in [4.69, 9.17) is 14.2 Å². The molecule has 0 aliphatic carbocycles. The Morgan fingerprint density at radius 1 is 0.879 bits per heavy atom. The average molecular weight is 451 g/mol. The lowest BCUT2D eigenvalue weighted by Gasteiger charge is -2.27. The average Bonchev–Trinajstić information content (AvgIpc) is 3.36. The smallest absolute Gasteiger partial charge is 0.335 e. The van der Waals surface area contributed by atoms with Crippen LogP contribution >= 0.6 is 0 Å². The van der Waals surface area contributed by atoms with Crippen LogP contribution in [0.2, 0.25) is 0 Å². The van der Waals surface area contributed by atoms with Crippen LogP contribution in [0.1, 0.15) is 18.4 Å². The highest BCUT2D eigenvalue weighted by Crippen LogP contribution is 2.38. The second kappa shape index (κ2) is 9.23. The first-order chi connectivity index (χ1) is 16.0. The van der Waals surface area contributed by atoms with Gasteiger partial charge in [0.2, 0.25) is 0 Å². The van der Waals surface area contributed by atoms with Crippen molar-refractivity contribution in [2.24, 2.45) is 0 Å². The molecule has 2 aliphatic heterocycles. The van der Waals surface area contributed by atoms with Crippen LogP contribution in [-0.2, 0) is 9.59 Å². The Kier molecular flexibility index (Phi) is 6.21. The molecule has 4 rings (SSSR count). The van der Waals surface area contributed by atoms with Crippen LogP contribution in [0.5, 0.6) is 17.2 Å². The van der Waals surface area contributed by atoms with Gasteiger partial charge in [0.1, 0.15) is 22.8 Å². The molecule has 9 heteroatoms. The third kappa shape index (κ3) is 4.21. The molecule has 1 N–H and O–H groups in total. The monoisotopic (exact) mass is 451 g/mol. The molecule has 2 heterocycles. The molecular weight excluding hydrogens is 426 g/mol. The summed E-state index contributed by atoms with van der Waals surface area (Å²) in [5.74, 6) is 0.151. The third-order valence-electron chi connectivity index (χ3n) is 5.71. The molecule has 0 aromatic heterocycles. The van der Waals surface area contributed by atoms with Crippen LogP contribution in [0.15, 0.2) is 42.0 Å². The molecule has 2 fully saturated rings. The second-order valence-electron chi connectivity index (χ2n) is 7.62. The van der Waals surface area contributed by atoms with Gasteiger partial charge in [0, 0.05) is 24.7 Å². The molecule has 0 atom stereocenters. The maximum absolute atomic E-state index is 13.2.